The Balaban J connectivity index is -0.000000138. The summed E-state index contributed by atoms with van der Waals surface area (Å²) >= 11 is 0. The Hall–Kier alpha value is 1.02. The smallest absolute Gasteiger partial charge is 0.0101 e. The summed E-state index contributed by atoms with van der Waals surface area (Å²) in [7, 11) is 0. The van der Waals surface area contributed by atoms with E-state index in [2.05, 4.69) is 32.6 Å². The fourth-order valence-corrected chi connectivity index (χ4v) is 2.34. The maximum Gasteiger partial charge on any atom is 0.0101 e. The summed E-state index contributed by atoms with van der Waals surface area (Å²) in [6, 6.07) is 1.96. The number of rotatable bonds is 3. The summed E-state index contributed by atoms with van der Waals surface area (Å²) in [5, 5.41) is 0. The fourth-order valence-electron chi connectivity index (χ4n) is 2.34. The molecule has 1 rings (SSSR count). The Bertz CT molecular complexity index is 179. The predicted molar refractivity (Wildman–Crippen MR) is 95.7 cm³/mol. The summed E-state index contributed by atoms with van der Waals surface area (Å²) < 4.78 is 0. The van der Waals surface area contributed by atoms with Gasteiger partial charge >= 0.3 is 0 Å². The van der Waals surface area contributed by atoms with Crippen molar-refractivity contribution < 1.29 is 32.7 Å². The standard InChI is InChI=1S/C11H23N.C3H9N.C3H7.CH3.Y/c1-9(2)8-11-6-5-7-12(11)10(3)4;1-3(2)4;1-3-2;;/h9-11H,5-8H2,1-4H3;3H,4H2,1-2H3;3H,1-2H3;1H3;/q;;2*-1;. The van der Waals surface area contributed by atoms with Crippen LogP contribution in [0.5, 0.6) is 0 Å². The zero-order valence-electron chi connectivity index (χ0n) is 16.3. The quantitative estimate of drug-likeness (QED) is 0.708. The zero-order chi connectivity index (χ0) is 15.4. The Morgan fingerprint density at radius 2 is 1.48 bits per heavy atom. The largest absolute Gasteiger partial charge is 0.358 e. The minimum absolute atomic E-state index is 0. The third-order valence-corrected chi connectivity index (χ3v) is 2.83. The van der Waals surface area contributed by atoms with Crippen molar-refractivity contribution in [1.82, 2.24) is 4.90 Å². The van der Waals surface area contributed by atoms with E-state index in [0.29, 0.717) is 6.04 Å². The van der Waals surface area contributed by atoms with Crippen molar-refractivity contribution in [2.75, 3.05) is 6.54 Å². The van der Waals surface area contributed by atoms with Gasteiger partial charge in [-0.05, 0) is 51.6 Å². The van der Waals surface area contributed by atoms with Gasteiger partial charge in [-0.2, -0.15) is 13.8 Å². The van der Waals surface area contributed by atoms with Crippen LogP contribution in [-0.2, 0) is 32.7 Å². The third-order valence-electron chi connectivity index (χ3n) is 2.83. The van der Waals surface area contributed by atoms with E-state index >= 15 is 0 Å². The van der Waals surface area contributed by atoms with Gasteiger partial charge in [-0.25, -0.2) is 0 Å². The number of likely N-dealkylation sites (tertiary alicyclic amines) is 1. The number of hydrogen-bond donors (Lipinski definition) is 1. The molecule has 1 fully saturated rings. The van der Waals surface area contributed by atoms with E-state index in [1.807, 2.05) is 34.1 Å². The molecule has 0 aromatic carbocycles. The average Bonchev–Trinajstić information content (AvgIpc) is 2.64. The third kappa shape index (κ3) is 21.0. The van der Waals surface area contributed by atoms with Crippen LogP contribution in [0, 0.1) is 19.8 Å². The van der Waals surface area contributed by atoms with Gasteiger partial charge in [-0.3, -0.25) is 4.90 Å². The van der Waals surface area contributed by atoms with E-state index in [4.69, 9.17) is 5.73 Å². The second-order valence-corrected chi connectivity index (χ2v) is 6.58. The molecule has 1 heterocycles. The molecule has 21 heavy (non-hydrogen) atoms. The van der Waals surface area contributed by atoms with Crippen LogP contribution in [0.3, 0.4) is 0 Å². The van der Waals surface area contributed by atoms with Crippen molar-refractivity contribution in [1.29, 1.82) is 0 Å². The van der Waals surface area contributed by atoms with Gasteiger partial charge in [0.05, 0.1) is 0 Å². The monoisotopic (exact) mass is 375 g/mol. The van der Waals surface area contributed by atoms with E-state index < -0.39 is 0 Å². The topological polar surface area (TPSA) is 29.3 Å². The van der Waals surface area contributed by atoms with Crippen molar-refractivity contribution >= 4 is 0 Å². The molecule has 1 radical (unpaired) electrons. The summed E-state index contributed by atoms with van der Waals surface area (Å²) in [5.74, 6) is 0.856. The number of nitrogens with zero attached hydrogens (tertiary/aromatic N) is 1. The SMILES string of the molecule is CC(C)CC1CCCN1C(C)C.CC(C)N.C[CH-]C.[CH3-].[Y]. The van der Waals surface area contributed by atoms with Crippen molar-refractivity contribution in [2.45, 2.75) is 92.8 Å². The van der Waals surface area contributed by atoms with Gasteiger partial charge in [0.25, 0.3) is 0 Å². The van der Waals surface area contributed by atoms with Crippen molar-refractivity contribution in [3.05, 3.63) is 13.8 Å². The molecule has 0 bridgehead atoms. The van der Waals surface area contributed by atoms with Crippen LogP contribution in [0.1, 0.15) is 74.7 Å². The van der Waals surface area contributed by atoms with E-state index in [9.17, 15) is 0 Å². The second kappa shape index (κ2) is 19.1. The van der Waals surface area contributed by atoms with Gasteiger partial charge in [0.2, 0.25) is 0 Å². The summed E-state index contributed by atoms with van der Waals surface area (Å²) in [6.45, 7) is 18.5. The van der Waals surface area contributed by atoms with E-state index in [-0.39, 0.29) is 40.1 Å². The Kier molecular flexibility index (Phi) is 27.2. The van der Waals surface area contributed by atoms with Gasteiger partial charge in [0.15, 0.2) is 0 Å². The summed E-state index contributed by atoms with van der Waals surface area (Å²) in [6.07, 6.45) is 6.23. The molecule has 1 aliphatic heterocycles. The molecule has 0 aromatic rings. The van der Waals surface area contributed by atoms with Gasteiger partial charge in [0.1, 0.15) is 0 Å². The second-order valence-electron chi connectivity index (χ2n) is 6.58. The van der Waals surface area contributed by atoms with Gasteiger partial charge in [-0.15, -0.1) is 0 Å². The first-order valence-electron chi connectivity index (χ1n) is 8.01. The van der Waals surface area contributed by atoms with Crippen molar-refractivity contribution in [3.63, 3.8) is 0 Å². The normalized spacial score (nSPS) is 17.4. The first-order valence-corrected chi connectivity index (χ1v) is 8.01. The maximum absolute atomic E-state index is 5.11. The molecular formula is C18H42N2Y-2. The molecule has 2 N–H and O–H groups in total. The first kappa shape index (κ1) is 30.0. The molecule has 2 nitrogen and oxygen atoms in total. The van der Waals surface area contributed by atoms with Gasteiger partial charge in [-0.1, -0.05) is 27.7 Å². The molecule has 1 aliphatic rings. The van der Waals surface area contributed by atoms with Crippen molar-refractivity contribution in [2.24, 2.45) is 11.7 Å². The molecule has 1 unspecified atom stereocenters. The molecule has 0 aliphatic carbocycles. The maximum atomic E-state index is 5.11. The molecule has 1 saturated heterocycles. The van der Waals surface area contributed by atoms with Crippen LogP contribution in [0.2, 0.25) is 0 Å². The Morgan fingerprint density at radius 1 is 1.10 bits per heavy atom. The average molecular weight is 375 g/mol. The van der Waals surface area contributed by atoms with Crippen LogP contribution in [0.4, 0.5) is 0 Å². The van der Waals surface area contributed by atoms with Crippen LogP contribution in [0.15, 0.2) is 0 Å². The number of nitrogens with two attached hydrogens (primary N) is 1. The minimum atomic E-state index is 0. The van der Waals surface area contributed by atoms with Crippen LogP contribution >= 0.6 is 0 Å². The Morgan fingerprint density at radius 3 is 1.76 bits per heavy atom. The fraction of sp³-hybridized carbons (Fsp3) is 0.889. The Labute approximate surface area is 161 Å². The van der Waals surface area contributed by atoms with Crippen LogP contribution in [0.25, 0.3) is 0 Å². The molecule has 1 atom stereocenters. The first-order chi connectivity index (χ1) is 8.76. The van der Waals surface area contributed by atoms with Crippen LogP contribution < -0.4 is 5.73 Å². The van der Waals surface area contributed by atoms with Gasteiger partial charge in [0, 0.05) is 44.8 Å². The molecule has 129 valence electrons. The molecule has 0 spiro atoms. The summed E-state index contributed by atoms with van der Waals surface area (Å²) in [5.41, 5.74) is 5.11. The molecule has 0 saturated carbocycles. The van der Waals surface area contributed by atoms with Crippen molar-refractivity contribution in [3.8, 4) is 0 Å². The number of hydrogen-bond acceptors (Lipinski definition) is 2. The molecule has 0 amide bonds. The van der Waals surface area contributed by atoms with Gasteiger partial charge < -0.3 is 19.6 Å². The summed E-state index contributed by atoms with van der Waals surface area (Å²) in [4.78, 5) is 2.67. The van der Waals surface area contributed by atoms with Crippen LogP contribution in [-0.4, -0.2) is 29.6 Å². The molecule has 3 heteroatoms. The zero-order valence-corrected chi connectivity index (χ0v) is 19.2. The van der Waals surface area contributed by atoms with E-state index in [1.54, 1.807) is 0 Å². The molecule has 0 aromatic heterocycles. The predicted octanol–water partition coefficient (Wildman–Crippen LogP) is 4.94. The minimum Gasteiger partial charge on any atom is -0.358 e. The molecular weight excluding hydrogens is 333 g/mol. The van der Waals surface area contributed by atoms with E-state index in [0.717, 1.165) is 18.0 Å². The van der Waals surface area contributed by atoms with E-state index in [1.165, 1.54) is 25.8 Å².